The summed E-state index contributed by atoms with van der Waals surface area (Å²) >= 11 is 1.46. The van der Waals surface area contributed by atoms with E-state index >= 15 is 0 Å². The van der Waals surface area contributed by atoms with Gasteiger partial charge in [-0.15, -0.1) is 6.58 Å². The molecule has 0 N–H and O–H groups in total. The van der Waals surface area contributed by atoms with Gasteiger partial charge in [-0.05, 0) is 25.0 Å². The van der Waals surface area contributed by atoms with E-state index in [-0.39, 0.29) is 0 Å². The van der Waals surface area contributed by atoms with Gasteiger partial charge in [0.2, 0.25) is 0 Å². The van der Waals surface area contributed by atoms with Crippen LogP contribution in [0.3, 0.4) is 0 Å². The fourth-order valence-electron chi connectivity index (χ4n) is 1.50. The highest BCUT2D eigenvalue weighted by Crippen LogP contribution is 2.12. The summed E-state index contributed by atoms with van der Waals surface area (Å²) in [6, 6.07) is 0. The maximum absolute atomic E-state index is 11.2. The second-order valence-corrected chi connectivity index (χ2v) is 5.08. The zero-order chi connectivity index (χ0) is 11.4. The molecule has 0 spiro atoms. The Hall–Kier alpha value is -0.240. The van der Waals surface area contributed by atoms with E-state index in [1.807, 2.05) is 13.0 Å². The Kier molecular flexibility index (Phi) is 11.6. The topological polar surface area (TPSA) is 17.1 Å². The third kappa shape index (κ3) is 11.7. The van der Waals surface area contributed by atoms with E-state index in [0.29, 0.717) is 5.12 Å². The van der Waals surface area contributed by atoms with E-state index < -0.39 is 0 Å². The minimum atomic E-state index is 0.365. The van der Waals surface area contributed by atoms with Crippen LogP contribution in [0.5, 0.6) is 0 Å². The number of carbonyl (C=O) groups is 1. The molecule has 0 aliphatic heterocycles. The predicted molar refractivity (Wildman–Crippen MR) is 70.3 cm³/mol. The van der Waals surface area contributed by atoms with E-state index in [1.165, 1.54) is 43.9 Å². The summed E-state index contributed by atoms with van der Waals surface area (Å²) in [4.78, 5) is 11.2. The molecule has 0 fully saturated rings. The normalized spacial score (nSPS) is 10.2. The van der Waals surface area contributed by atoms with Crippen LogP contribution in [-0.4, -0.2) is 10.9 Å². The Bertz CT molecular complexity index is 166. The molecule has 0 heterocycles. The molecule has 0 aliphatic rings. The number of allylic oxidation sites excluding steroid dienone is 1. The zero-order valence-electron chi connectivity index (χ0n) is 9.96. The Morgan fingerprint density at radius 2 is 1.73 bits per heavy atom. The molecule has 0 bridgehead atoms. The first-order valence-corrected chi connectivity index (χ1v) is 7.06. The largest absolute Gasteiger partial charge is 0.287 e. The second kappa shape index (κ2) is 11.8. The van der Waals surface area contributed by atoms with Crippen LogP contribution in [0.25, 0.3) is 0 Å². The monoisotopic (exact) mass is 228 g/mol. The summed E-state index contributed by atoms with van der Waals surface area (Å²) in [5.74, 6) is 0.917. The van der Waals surface area contributed by atoms with Crippen LogP contribution in [0.2, 0.25) is 0 Å². The maximum Gasteiger partial charge on any atom is 0.188 e. The van der Waals surface area contributed by atoms with Gasteiger partial charge in [-0.3, -0.25) is 4.79 Å². The van der Waals surface area contributed by atoms with Crippen molar-refractivity contribution in [3.63, 3.8) is 0 Å². The van der Waals surface area contributed by atoms with E-state index in [9.17, 15) is 4.79 Å². The molecule has 0 amide bonds. The first kappa shape index (κ1) is 14.8. The highest BCUT2D eigenvalue weighted by molar-refractivity contribution is 8.13. The van der Waals surface area contributed by atoms with Crippen molar-refractivity contribution in [1.82, 2.24) is 0 Å². The van der Waals surface area contributed by atoms with Gasteiger partial charge in [0.25, 0.3) is 0 Å². The molecule has 1 nitrogen and oxygen atoms in total. The van der Waals surface area contributed by atoms with Crippen molar-refractivity contribution in [3.05, 3.63) is 12.7 Å². The molecule has 0 aliphatic carbocycles. The van der Waals surface area contributed by atoms with E-state index in [2.05, 4.69) is 6.58 Å². The Morgan fingerprint density at radius 1 is 1.13 bits per heavy atom. The minimum absolute atomic E-state index is 0.365. The number of carbonyl (C=O) groups excluding carboxylic acids is 1. The van der Waals surface area contributed by atoms with Crippen molar-refractivity contribution in [2.75, 3.05) is 5.75 Å². The summed E-state index contributed by atoms with van der Waals surface area (Å²) in [5.41, 5.74) is 0. The van der Waals surface area contributed by atoms with Gasteiger partial charge in [-0.25, -0.2) is 0 Å². The van der Waals surface area contributed by atoms with Gasteiger partial charge < -0.3 is 0 Å². The molecule has 0 atom stereocenters. The molecule has 0 unspecified atom stereocenters. The summed E-state index contributed by atoms with van der Waals surface area (Å²) in [7, 11) is 0. The molecule has 0 saturated heterocycles. The van der Waals surface area contributed by atoms with Crippen molar-refractivity contribution in [2.45, 2.75) is 58.3 Å². The number of hydrogen-bond acceptors (Lipinski definition) is 2. The zero-order valence-corrected chi connectivity index (χ0v) is 10.8. The quantitative estimate of drug-likeness (QED) is 0.402. The van der Waals surface area contributed by atoms with E-state index in [0.717, 1.165) is 25.0 Å². The Balaban J connectivity index is 3.04. The third-order valence-corrected chi connectivity index (χ3v) is 3.16. The van der Waals surface area contributed by atoms with Gasteiger partial charge in [0.15, 0.2) is 5.12 Å². The van der Waals surface area contributed by atoms with Crippen LogP contribution in [0.15, 0.2) is 12.7 Å². The SMILES string of the molecule is C=CCCCCCCCCC(=O)SCC. The van der Waals surface area contributed by atoms with Gasteiger partial charge in [-0.2, -0.15) is 0 Å². The Morgan fingerprint density at radius 3 is 2.33 bits per heavy atom. The van der Waals surface area contributed by atoms with Gasteiger partial charge in [0, 0.05) is 6.42 Å². The molecule has 0 aromatic heterocycles. The average Bonchev–Trinajstić information content (AvgIpc) is 2.22. The summed E-state index contributed by atoms with van der Waals surface area (Å²) < 4.78 is 0. The fraction of sp³-hybridized carbons (Fsp3) is 0.769. The first-order valence-electron chi connectivity index (χ1n) is 6.07. The lowest BCUT2D eigenvalue weighted by Crippen LogP contribution is -1.91. The lowest BCUT2D eigenvalue weighted by atomic mass is 10.1. The smallest absolute Gasteiger partial charge is 0.188 e. The molecule has 0 radical (unpaired) electrons. The second-order valence-electron chi connectivity index (χ2n) is 3.75. The molecule has 0 aromatic carbocycles. The van der Waals surface area contributed by atoms with Crippen LogP contribution in [-0.2, 0) is 4.79 Å². The molecule has 0 rings (SSSR count). The number of unbranched alkanes of at least 4 members (excludes halogenated alkanes) is 6. The number of hydrogen-bond donors (Lipinski definition) is 0. The number of thioether (sulfide) groups is 1. The summed E-state index contributed by atoms with van der Waals surface area (Å²) in [5, 5.41) is 0.365. The summed E-state index contributed by atoms with van der Waals surface area (Å²) in [6.07, 6.45) is 11.4. The highest BCUT2D eigenvalue weighted by Gasteiger charge is 1.99. The van der Waals surface area contributed by atoms with Crippen LogP contribution in [0.4, 0.5) is 0 Å². The first-order chi connectivity index (χ1) is 7.31. The molecule has 15 heavy (non-hydrogen) atoms. The van der Waals surface area contributed by atoms with Crippen molar-refractivity contribution >= 4 is 16.9 Å². The average molecular weight is 228 g/mol. The number of rotatable bonds is 10. The van der Waals surface area contributed by atoms with Crippen LogP contribution in [0.1, 0.15) is 58.3 Å². The van der Waals surface area contributed by atoms with Gasteiger partial charge in [0.1, 0.15) is 0 Å². The third-order valence-electron chi connectivity index (χ3n) is 2.34. The van der Waals surface area contributed by atoms with Crippen LogP contribution in [0, 0.1) is 0 Å². The fourth-order valence-corrected chi connectivity index (χ4v) is 2.11. The van der Waals surface area contributed by atoms with E-state index in [1.54, 1.807) is 0 Å². The lowest BCUT2D eigenvalue weighted by molar-refractivity contribution is -0.111. The minimum Gasteiger partial charge on any atom is -0.287 e. The Labute approximate surface area is 98.7 Å². The van der Waals surface area contributed by atoms with E-state index in [4.69, 9.17) is 0 Å². The standard InChI is InChI=1S/C13H24OS/c1-3-5-6-7-8-9-10-11-12-13(14)15-4-2/h3H,1,4-12H2,2H3. The lowest BCUT2D eigenvalue weighted by Gasteiger charge is -2.00. The molecule has 0 aromatic rings. The molecular weight excluding hydrogens is 204 g/mol. The summed E-state index contributed by atoms with van der Waals surface area (Å²) in [6.45, 7) is 5.73. The molecule has 0 saturated carbocycles. The highest BCUT2D eigenvalue weighted by atomic mass is 32.2. The van der Waals surface area contributed by atoms with Crippen molar-refractivity contribution < 1.29 is 4.79 Å². The van der Waals surface area contributed by atoms with Gasteiger partial charge >= 0.3 is 0 Å². The van der Waals surface area contributed by atoms with Gasteiger partial charge in [0.05, 0.1) is 0 Å². The van der Waals surface area contributed by atoms with Crippen molar-refractivity contribution in [1.29, 1.82) is 0 Å². The van der Waals surface area contributed by atoms with Crippen LogP contribution < -0.4 is 0 Å². The molecular formula is C13H24OS. The van der Waals surface area contributed by atoms with Gasteiger partial charge in [-0.1, -0.05) is 50.4 Å². The maximum atomic E-state index is 11.2. The molecule has 2 heteroatoms. The van der Waals surface area contributed by atoms with Crippen molar-refractivity contribution in [2.24, 2.45) is 0 Å². The van der Waals surface area contributed by atoms with Crippen LogP contribution >= 0.6 is 11.8 Å². The predicted octanol–water partition coefficient (Wildman–Crippen LogP) is 4.57. The molecule has 88 valence electrons. The van der Waals surface area contributed by atoms with Crippen molar-refractivity contribution in [3.8, 4) is 0 Å².